The van der Waals surface area contributed by atoms with Crippen molar-refractivity contribution in [1.82, 2.24) is 0 Å². The summed E-state index contributed by atoms with van der Waals surface area (Å²) in [5.41, 5.74) is 0. The van der Waals surface area contributed by atoms with Crippen molar-refractivity contribution >= 4 is 17.9 Å². The second kappa shape index (κ2) is 48.3. The minimum Gasteiger partial charge on any atom is -0.462 e. The van der Waals surface area contributed by atoms with Gasteiger partial charge in [-0.25, -0.2) is 0 Å². The summed E-state index contributed by atoms with van der Waals surface area (Å²) in [6, 6.07) is 0. The predicted molar refractivity (Wildman–Crippen MR) is 270 cm³/mol. The molecule has 0 aromatic heterocycles. The molecule has 6 heteroatoms. The molecule has 6 nitrogen and oxygen atoms in total. The van der Waals surface area contributed by atoms with E-state index in [0.717, 1.165) is 75.5 Å². The highest BCUT2D eigenvalue weighted by Gasteiger charge is 2.19. The van der Waals surface area contributed by atoms with Crippen molar-refractivity contribution in [3.05, 3.63) is 0 Å². The molecule has 0 aromatic carbocycles. The third kappa shape index (κ3) is 48.2. The molecule has 0 heterocycles. The van der Waals surface area contributed by atoms with Crippen LogP contribution in [0.25, 0.3) is 0 Å². The SMILES string of the molecule is CCC(C)CCCCCCCCCCCCC(=O)O[C@@H](COC(=O)CCCCCCCCCCCCCCCCCCC(C)C)COC(=O)CCCCCCCCCCC(C)CC. The van der Waals surface area contributed by atoms with Gasteiger partial charge in [0.1, 0.15) is 13.2 Å². The van der Waals surface area contributed by atoms with Crippen LogP contribution in [0, 0.1) is 17.8 Å². The van der Waals surface area contributed by atoms with Crippen LogP contribution in [0.5, 0.6) is 0 Å². The summed E-state index contributed by atoms with van der Waals surface area (Å²) in [5, 5.41) is 0. The van der Waals surface area contributed by atoms with E-state index in [1.807, 2.05) is 0 Å². The van der Waals surface area contributed by atoms with Gasteiger partial charge in [-0.05, 0) is 37.0 Å². The van der Waals surface area contributed by atoms with Gasteiger partial charge < -0.3 is 14.2 Å². The topological polar surface area (TPSA) is 78.9 Å². The number of ether oxygens (including phenoxy) is 3. The van der Waals surface area contributed by atoms with E-state index in [-0.39, 0.29) is 31.1 Å². The molecule has 374 valence electrons. The number of hydrogen-bond donors (Lipinski definition) is 0. The predicted octanol–water partition coefficient (Wildman–Crippen LogP) is 18.3. The Morgan fingerprint density at radius 3 is 0.825 bits per heavy atom. The quantitative estimate of drug-likeness (QED) is 0.0344. The molecule has 0 fully saturated rings. The Labute approximate surface area is 393 Å². The lowest BCUT2D eigenvalue weighted by Gasteiger charge is -2.18. The number of carbonyl (C=O) groups excluding carboxylic acids is 3. The van der Waals surface area contributed by atoms with Crippen molar-refractivity contribution < 1.29 is 28.6 Å². The van der Waals surface area contributed by atoms with Gasteiger partial charge in [0.05, 0.1) is 0 Å². The lowest BCUT2D eigenvalue weighted by molar-refractivity contribution is -0.167. The second-order valence-corrected chi connectivity index (χ2v) is 20.5. The van der Waals surface area contributed by atoms with Gasteiger partial charge in [0.25, 0.3) is 0 Å². The molecule has 0 spiro atoms. The summed E-state index contributed by atoms with van der Waals surface area (Å²) in [6.45, 7) is 13.8. The first-order valence-electron chi connectivity index (χ1n) is 28.2. The number of unbranched alkanes of at least 4 members (excludes halogenated alkanes) is 31. The second-order valence-electron chi connectivity index (χ2n) is 20.5. The molecule has 0 radical (unpaired) electrons. The highest BCUT2D eigenvalue weighted by atomic mass is 16.6. The van der Waals surface area contributed by atoms with Crippen LogP contribution < -0.4 is 0 Å². The molecule has 0 aromatic rings. The first-order valence-corrected chi connectivity index (χ1v) is 28.2. The molecular weight excluding hydrogens is 781 g/mol. The Balaban J connectivity index is 4.28. The fourth-order valence-electron chi connectivity index (χ4n) is 8.58. The molecule has 2 unspecified atom stereocenters. The third-order valence-corrected chi connectivity index (χ3v) is 13.6. The van der Waals surface area contributed by atoms with Gasteiger partial charge in [0.2, 0.25) is 0 Å². The van der Waals surface area contributed by atoms with Gasteiger partial charge in [-0.15, -0.1) is 0 Å². The largest absolute Gasteiger partial charge is 0.462 e. The fraction of sp³-hybridized carbons (Fsp3) is 0.947. The first-order chi connectivity index (χ1) is 30.7. The molecule has 0 bridgehead atoms. The first kappa shape index (κ1) is 61.4. The molecule has 0 saturated carbocycles. The van der Waals surface area contributed by atoms with E-state index in [1.54, 1.807) is 0 Å². The van der Waals surface area contributed by atoms with Crippen LogP contribution in [-0.4, -0.2) is 37.2 Å². The van der Waals surface area contributed by atoms with Crippen LogP contribution in [0.15, 0.2) is 0 Å². The molecule has 3 atom stereocenters. The minimum atomic E-state index is -0.764. The van der Waals surface area contributed by atoms with Crippen molar-refractivity contribution in [3.63, 3.8) is 0 Å². The summed E-state index contributed by atoms with van der Waals surface area (Å²) in [7, 11) is 0. The van der Waals surface area contributed by atoms with Crippen LogP contribution in [0.2, 0.25) is 0 Å². The molecule has 0 aliphatic rings. The lowest BCUT2D eigenvalue weighted by atomic mass is 9.99. The zero-order valence-corrected chi connectivity index (χ0v) is 43.4. The summed E-state index contributed by atoms with van der Waals surface area (Å²) < 4.78 is 16.9. The Morgan fingerprint density at radius 2 is 0.556 bits per heavy atom. The van der Waals surface area contributed by atoms with Crippen LogP contribution >= 0.6 is 0 Å². The summed E-state index contributed by atoms with van der Waals surface area (Å²) in [4.78, 5) is 38.1. The fourth-order valence-corrected chi connectivity index (χ4v) is 8.58. The van der Waals surface area contributed by atoms with Gasteiger partial charge in [-0.3, -0.25) is 14.4 Å². The lowest BCUT2D eigenvalue weighted by Crippen LogP contribution is -2.30. The molecule has 0 N–H and O–H groups in total. The molecule has 0 saturated heterocycles. The molecule has 0 aliphatic carbocycles. The highest BCUT2D eigenvalue weighted by molar-refractivity contribution is 5.71. The molecule has 63 heavy (non-hydrogen) atoms. The van der Waals surface area contributed by atoms with E-state index in [0.29, 0.717) is 19.3 Å². The van der Waals surface area contributed by atoms with E-state index in [2.05, 4.69) is 41.5 Å². The van der Waals surface area contributed by atoms with Crippen molar-refractivity contribution in [2.45, 2.75) is 317 Å². The van der Waals surface area contributed by atoms with Gasteiger partial charge >= 0.3 is 17.9 Å². The van der Waals surface area contributed by atoms with Gasteiger partial charge in [0, 0.05) is 19.3 Å². The van der Waals surface area contributed by atoms with Gasteiger partial charge in [-0.2, -0.15) is 0 Å². The summed E-state index contributed by atoms with van der Waals surface area (Å²) in [6.07, 6.45) is 49.4. The monoisotopic (exact) mass is 891 g/mol. The van der Waals surface area contributed by atoms with E-state index in [9.17, 15) is 14.4 Å². The van der Waals surface area contributed by atoms with E-state index >= 15 is 0 Å². The summed E-state index contributed by atoms with van der Waals surface area (Å²) >= 11 is 0. The average molecular weight is 892 g/mol. The number of carbonyl (C=O) groups is 3. The Kier molecular flexibility index (Phi) is 47.1. The molecular formula is C57H110O6. The van der Waals surface area contributed by atoms with E-state index < -0.39 is 6.10 Å². The van der Waals surface area contributed by atoms with Gasteiger partial charge in [-0.1, -0.05) is 273 Å². The van der Waals surface area contributed by atoms with Crippen molar-refractivity contribution in [2.24, 2.45) is 17.8 Å². The number of esters is 3. The Hall–Kier alpha value is -1.59. The van der Waals surface area contributed by atoms with Crippen molar-refractivity contribution in [3.8, 4) is 0 Å². The van der Waals surface area contributed by atoms with Crippen LogP contribution in [0.3, 0.4) is 0 Å². The molecule has 0 amide bonds. The van der Waals surface area contributed by atoms with E-state index in [1.165, 1.54) is 193 Å². The number of rotatable bonds is 50. The zero-order valence-electron chi connectivity index (χ0n) is 43.4. The number of hydrogen-bond acceptors (Lipinski definition) is 6. The summed E-state index contributed by atoms with van der Waals surface area (Å²) in [5.74, 6) is 1.72. The normalized spacial score (nSPS) is 13.0. The minimum absolute atomic E-state index is 0.0642. The van der Waals surface area contributed by atoms with Crippen LogP contribution in [-0.2, 0) is 28.6 Å². The maximum atomic E-state index is 12.8. The third-order valence-electron chi connectivity index (χ3n) is 13.6. The van der Waals surface area contributed by atoms with E-state index in [4.69, 9.17) is 14.2 Å². The zero-order chi connectivity index (χ0) is 46.3. The smallest absolute Gasteiger partial charge is 0.306 e. The Bertz CT molecular complexity index is 980. The standard InChI is InChI=1S/C57H110O6/c1-7-52(5)44-38-32-26-20-17-18-22-30-36-42-48-57(60)63-54(50-62-56(59)47-41-35-29-24-23-27-33-39-45-53(6)8-2)49-61-55(58)46-40-34-28-21-16-14-12-10-9-11-13-15-19-25-31-37-43-51(3)4/h51-54H,7-50H2,1-6H3/t52?,53?,54-/m0/s1. The Morgan fingerprint density at radius 1 is 0.317 bits per heavy atom. The average Bonchev–Trinajstić information content (AvgIpc) is 3.27. The maximum Gasteiger partial charge on any atom is 0.306 e. The van der Waals surface area contributed by atoms with Gasteiger partial charge in [0.15, 0.2) is 6.10 Å². The molecule has 0 aliphatic heterocycles. The highest BCUT2D eigenvalue weighted by Crippen LogP contribution is 2.19. The maximum absolute atomic E-state index is 12.8. The van der Waals surface area contributed by atoms with Crippen molar-refractivity contribution in [2.75, 3.05) is 13.2 Å². The van der Waals surface area contributed by atoms with Crippen LogP contribution in [0.1, 0.15) is 311 Å². The van der Waals surface area contributed by atoms with Crippen molar-refractivity contribution in [1.29, 1.82) is 0 Å². The van der Waals surface area contributed by atoms with Crippen LogP contribution in [0.4, 0.5) is 0 Å². The molecule has 0 rings (SSSR count).